The first-order chi connectivity index (χ1) is 13.2. The summed E-state index contributed by atoms with van der Waals surface area (Å²) in [4.78, 5) is 12.2. The van der Waals surface area contributed by atoms with Crippen molar-refractivity contribution in [2.24, 2.45) is 0 Å². The Morgan fingerprint density at radius 1 is 1.14 bits per heavy atom. The number of benzene rings is 2. The Bertz CT molecular complexity index is 925. The maximum Gasteiger partial charge on any atom is 0.240 e. The topological polar surface area (TPSA) is 66.5 Å². The molecule has 0 aliphatic carbocycles. The first kappa shape index (κ1) is 23.3. The molecule has 1 N–H and O–H groups in total. The van der Waals surface area contributed by atoms with Crippen molar-refractivity contribution in [2.45, 2.75) is 5.75 Å². The van der Waals surface area contributed by atoms with Crippen LogP contribution in [0.5, 0.6) is 0 Å². The number of rotatable bonds is 9. The Morgan fingerprint density at radius 3 is 2.43 bits per heavy atom. The van der Waals surface area contributed by atoms with Crippen LogP contribution in [0.2, 0.25) is 10.0 Å². The van der Waals surface area contributed by atoms with Crippen molar-refractivity contribution < 1.29 is 13.2 Å². The summed E-state index contributed by atoms with van der Waals surface area (Å²) in [5, 5.41) is 3.78. The van der Waals surface area contributed by atoms with Crippen LogP contribution in [0.4, 0.5) is 5.69 Å². The first-order valence-electron chi connectivity index (χ1n) is 8.18. The van der Waals surface area contributed by atoms with Gasteiger partial charge in [-0.1, -0.05) is 45.2 Å². The van der Waals surface area contributed by atoms with E-state index < -0.39 is 10.0 Å². The molecule has 0 saturated heterocycles. The minimum atomic E-state index is -3.58. The standard InChI is InChI=1S/C18H19BrCl2N2O3S2/c1-28(25,26)23(15-5-3-14(19)4-6-15)11-18(24)22-8-9-27-12-13-2-7-16(20)17(21)10-13/h2-7,10H,8-9,11-12H2,1H3,(H,22,24). The van der Waals surface area contributed by atoms with E-state index in [4.69, 9.17) is 23.2 Å². The van der Waals surface area contributed by atoms with E-state index in [1.807, 2.05) is 12.1 Å². The van der Waals surface area contributed by atoms with Crippen LogP contribution in [0.3, 0.4) is 0 Å². The molecule has 5 nitrogen and oxygen atoms in total. The Balaban J connectivity index is 1.81. The zero-order valence-electron chi connectivity index (χ0n) is 15.0. The largest absolute Gasteiger partial charge is 0.354 e. The third-order valence-electron chi connectivity index (χ3n) is 3.62. The average molecular weight is 526 g/mol. The number of sulfonamides is 1. The van der Waals surface area contributed by atoms with Crippen LogP contribution in [0.1, 0.15) is 5.56 Å². The summed E-state index contributed by atoms with van der Waals surface area (Å²) in [5.41, 5.74) is 1.49. The van der Waals surface area contributed by atoms with Gasteiger partial charge in [-0.25, -0.2) is 8.42 Å². The summed E-state index contributed by atoms with van der Waals surface area (Å²) in [5.74, 6) is 1.06. The van der Waals surface area contributed by atoms with Gasteiger partial charge in [0.15, 0.2) is 0 Å². The van der Waals surface area contributed by atoms with Crippen LogP contribution in [0.25, 0.3) is 0 Å². The Hall–Kier alpha value is -0.930. The van der Waals surface area contributed by atoms with Crippen molar-refractivity contribution in [2.75, 3.05) is 29.4 Å². The highest BCUT2D eigenvalue weighted by atomic mass is 79.9. The van der Waals surface area contributed by atoms with Gasteiger partial charge >= 0.3 is 0 Å². The molecule has 10 heteroatoms. The normalized spacial score (nSPS) is 11.3. The zero-order chi connectivity index (χ0) is 20.7. The second-order valence-electron chi connectivity index (χ2n) is 5.90. The predicted molar refractivity (Wildman–Crippen MR) is 122 cm³/mol. The second-order valence-corrected chi connectivity index (χ2v) is 10.6. The van der Waals surface area contributed by atoms with E-state index in [1.165, 1.54) is 0 Å². The van der Waals surface area contributed by atoms with Gasteiger partial charge in [0.2, 0.25) is 15.9 Å². The fourth-order valence-corrected chi connectivity index (χ4v) is 4.52. The minimum absolute atomic E-state index is 0.266. The van der Waals surface area contributed by atoms with E-state index in [-0.39, 0.29) is 12.5 Å². The smallest absolute Gasteiger partial charge is 0.240 e. The number of nitrogens with zero attached hydrogens (tertiary/aromatic N) is 1. The number of carbonyl (C=O) groups excluding carboxylic acids is 1. The van der Waals surface area contributed by atoms with Gasteiger partial charge in [-0.3, -0.25) is 9.10 Å². The Labute approximate surface area is 188 Å². The Kier molecular flexibility index (Phi) is 8.95. The summed E-state index contributed by atoms with van der Waals surface area (Å²) in [6.07, 6.45) is 1.08. The van der Waals surface area contributed by atoms with Crippen LogP contribution >= 0.6 is 50.9 Å². The van der Waals surface area contributed by atoms with Crippen LogP contribution < -0.4 is 9.62 Å². The average Bonchev–Trinajstić information content (AvgIpc) is 2.62. The number of halogens is 3. The summed E-state index contributed by atoms with van der Waals surface area (Å²) >= 11 is 16.8. The van der Waals surface area contributed by atoms with Crippen LogP contribution in [0, 0.1) is 0 Å². The molecule has 2 rings (SSSR count). The van der Waals surface area contributed by atoms with Gasteiger partial charge < -0.3 is 5.32 Å². The van der Waals surface area contributed by atoms with Gasteiger partial charge in [0.25, 0.3) is 0 Å². The lowest BCUT2D eigenvalue weighted by Gasteiger charge is -2.22. The molecule has 0 aliphatic rings. The van der Waals surface area contributed by atoms with E-state index in [0.717, 1.165) is 26.4 Å². The summed E-state index contributed by atoms with van der Waals surface area (Å²) in [6.45, 7) is 0.167. The lowest BCUT2D eigenvalue weighted by Crippen LogP contribution is -2.41. The van der Waals surface area contributed by atoms with Crippen molar-refractivity contribution in [1.29, 1.82) is 0 Å². The van der Waals surface area contributed by atoms with Crippen molar-refractivity contribution in [3.05, 3.63) is 62.5 Å². The minimum Gasteiger partial charge on any atom is -0.354 e. The maximum absolute atomic E-state index is 12.2. The number of nitrogens with one attached hydrogen (secondary N) is 1. The molecular weight excluding hydrogens is 507 g/mol. The molecule has 0 aliphatic heterocycles. The molecule has 0 saturated carbocycles. The van der Waals surface area contributed by atoms with Crippen molar-refractivity contribution in [1.82, 2.24) is 5.32 Å². The molecule has 0 heterocycles. The quantitative estimate of drug-likeness (QED) is 0.487. The molecule has 0 bridgehead atoms. The molecule has 0 atom stereocenters. The fourth-order valence-electron chi connectivity index (χ4n) is 2.28. The molecule has 0 fully saturated rings. The van der Waals surface area contributed by atoms with Crippen molar-refractivity contribution in [3.63, 3.8) is 0 Å². The van der Waals surface area contributed by atoms with Gasteiger partial charge in [-0.15, -0.1) is 0 Å². The Morgan fingerprint density at radius 2 is 1.82 bits per heavy atom. The number of hydrogen-bond donors (Lipinski definition) is 1. The third kappa shape index (κ3) is 7.48. The number of amides is 1. The number of thioether (sulfide) groups is 1. The molecule has 0 unspecified atom stereocenters. The predicted octanol–water partition coefficient (Wildman–Crippen LogP) is 4.57. The highest BCUT2D eigenvalue weighted by Crippen LogP contribution is 2.24. The highest BCUT2D eigenvalue weighted by molar-refractivity contribution is 9.10. The fraction of sp³-hybridized carbons (Fsp3) is 0.278. The van der Waals surface area contributed by atoms with E-state index >= 15 is 0 Å². The third-order valence-corrected chi connectivity index (χ3v) is 7.06. The van der Waals surface area contributed by atoms with Crippen molar-refractivity contribution >= 4 is 72.5 Å². The monoisotopic (exact) mass is 524 g/mol. The van der Waals surface area contributed by atoms with E-state index in [0.29, 0.717) is 28.0 Å². The first-order valence-corrected chi connectivity index (χ1v) is 12.7. The van der Waals surface area contributed by atoms with Crippen LogP contribution in [-0.2, 0) is 20.6 Å². The van der Waals surface area contributed by atoms with Gasteiger partial charge in [0.1, 0.15) is 6.54 Å². The maximum atomic E-state index is 12.2. The molecular formula is C18H19BrCl2N2O3S2. The van der Waals surface area contributed by atoms with Crippen LogP contribution in [-0.4, -0.2) is 39.4 Å². The lowest BCUT2D eigenvalue weighted by molar-refractivity contribution is -0.119. The lowest BCUT2D eigenvalue weighted by atomic mass is 10.2. The van der Waals surface area contributed by atoms with Gasteiger partial charge in [-0.05, 0) is 42.0 Å². The number of anilines is 1. The summed E-state index contributed by atoms with van der Waals surface area (Å²) in [6, 6.07) is 12.2. The molecule has 2 aromatic carbocycles. The van der Waals surface area contributed by atoms with Gasteiger partial charge in [0, 0.05) is 22.5 Å². The highest BCUT2D eigenvalue weighted by Gasteiger charge is 2.20. The molecule has 2 aromatic rings. The van der Waals surface area contributed by atoms with Gasteiger partial charge in [-0.2, -0.15) is 11.8 Å². The summed E-state index contributed by atoms with van der Waals surface area (Å²) < 4.78 is 26.0. The molecule has 0 spiro atoms. The molecule has 0 radical (unpaired) electrons. The van der Waals surface area contributed by atoms with Crippen LogP contribution in [0.15, 0.2) is 46.9 Å². The zero-order valence-corrected chi connectivity index (χ0v) is 19.7. The van der Waals surface area contributed by atoms with E-state index in [2.05, 4.69) is 21.2 Å². The van der Waals surface area contributed by atoms with Crippen molar-refractivity contribution in [3.8, 4) is 0 Å². The number of carbonyl (C=O) groups is 1. The second kappa shape index (κ2) is 10.7. The molecule has 1 amide bonds. The molecule has 0 aromatic heterocycles. The van der Waals surface area contributed by atoms with E-state index in [1.54, 1.807) is 42.1 Å². The summed E-state index contributed by atoms with van der Waals surface area (Å²) in [7, 11) is -3.58. The molecule has 28 heavy (non-hydrogen) atoms. The SMILES string of the molecule is CS(=O)(=O)N(CC(=O)NCCSCc1ccc(Cl)c(Cl)c1)c1ccc(Br)cc1. The molecule has 152 valence electrons. The van der Waals surface area contributed by atoms with E-state index in [9.17, 15) is 13.2 Å². The van der Waals surface area contributed by atoms with Gasteiger partial charge in [0.05, 0.1) is 22.0 Å². The number of hydrogen-bond acceptors (Lipinski definition) is 4.